The molecule has 280 valence electrons. The van der Waals surface area contributed by atoms with Crippen molar-refractivity contribution >= 4 is 11.9 Å². The van der Waals surface area contributed by atoms with Crippen LogP contribution in [-0.2, 0) is 9.59 Å². The van der Waals surface area contributed by atoms with Crippen molar-refractivity contribution in [2.24, 2.45) is 0 Å². The first kappa shape index (κ1) is 48.4. The van der Waals surface area contributed by atoms with Crippen LogP contribution in [0.4, 0.5) is 0 Å². The maximum atomic E-state index is 10.3. The van der Waals surface area contributed by atoms with Crippen molar-refractivity contribution < 1.29 is 30.4 Å². The van der Waals surface area contributed by atoms with Crippen LogP contribution in [-0.4, -0.2) is 48.3 Å². The summed E-state index contributed by atoms with van der Waals surface area (Å²) in [6.07, 6.45) is 56.9. The number of hydrogen-bond acceptors (Lipinski definition) is 2. The third-order valence-corrected chi connectivity index (χ3v) is 6.99. The van der Waals surface area contributed by atoms with Gasteiger partial charge in [-0.15, -0.1) is 0 Å². The van der Waals surface area contributed by atoms with Gasteiger partial charge >= 0.3 is 11.9 Å². The number of allylic oxidation sites excluding steroid dienone is 20. The standard InChI is InChI=1S/2C20H30O2.C4H10N2/c2*1-2-3-4-5-6-7-8-9-10-11-12-13-14-15-16-17-18-19-20(21)22;1-2-6-4-3-5-1/h2*3-4,6-7,9-10,12-13,15-16H,2,5,8,11,14,17-19H2,1H3,(H,21,22);5-6H,1-4H2/p+2/b2*4-3-,7-6-,10-9-,13-12-,16-15-;. The molecule has 6 N–H and O–H groups in total. The van der Waals surface area contributed by atoms with E-state index in [1.807, 2.05) is 0 Å². The number of nitrogens with two attached hydrogens (primary N) is 2. The summed E-state index contributed by atoms with van der Waals surface area (Å²) in [5.41, 5.74) is 0. The molecule has 0 atom stereocenters. The minimum absolute atomic E-state index is 0.258. The molecule has 0 aromatic rings. The van der Waals surface area contributed by atoms with E-state index in [2.05, 4.69) is 146 Å². The van der Waals surface area contributed by atoms with E-state index in [-0.39, 0.29) is 12.8 Å². The van der Waals surface area contributed by atoms with Gasteiger partial charge < -0.3 is 20.8 Å². The molecule has 0 saturated carbocycles. The molecular weight excluding hydrogens is 620 g/mol. The maximum absolute atomic E-state index is 10.3. The molecule has 6 heteroatoms. The van der Waals surface area contributed by atoms with Crippen molar-refractivity contribution in [2.75, 3.05) is 26.2 Å². The number of carboxylic acid groups (broad SMARTS) is 2. The zero-order valence-corrected chi connectivity index (χ0v) is 31.6. The molecular formula is C44H72N2O4+2. The van der Waals surface area contributed by atoms with E-state index in [1.165, 1.54) is 26.2 Å². The van der Waals surface area contributed by atoms with Gasteiger partial charge in [0.2, 0.25) is 0 Å². The molecule has 1 saturated heterocycles. The Bertz CT molecular complexity index is 964. The zero-order chi connectivity index (χ0) is 36.9. The van der Waals surface area contributed by atoms with Gasteiger partial charge in [0.15, 0.2) is 0 Å². The fraction of sp³-hybridized carbons (Fsp3) is 0.500. The summed E-state index contributed by atoms with van der Waals surface area (Å²) >= 11 is 0. The van der Waals surface area contributed by atoms with Gasteiger partial charge in [0.05, 0.1) is 0 Å². The largest absolute Gasteiger partial charge is 0.481 e. The average molecular weight is 693 g/mol. The molecule has 0 aromatic heterocycles. The highest BCUT2D eigenvalue weighted by Crippen LogP contribution is 2.00. The number of carboxylic acids is 2. The van der Waals surface area contributed by atoms with Crippen LogP contribution in [0.1, 0.15) is 117 Å². The summed E-state index contributed by atoms with van der Waals surface area (Å²) in [4.78, 5) is 20.6. The van der Waals surface area contributed by atoms with E-state index in [1.54, 1.807) is 0 Å². The van der Waals surface area contributed by atoms with Gasteiger partial charge in [0, 0.05) is 12.8 Å². The van der Waals surface area contributed by atoms with Crippen molar-refractivity contribution in [3.05, 3.63) is 122 Å². The minimum atomic E-state index is -0.715. The molecule has 0 unspecified atom stereocenters. The quantitative estimate of drug-likeness (QED) is 0.0536. The van der Waals surface area contributed by atoms with E-state index in [9.17, 15) is 9.59 Å². The fourth-order valence-corrected chi connectivity index (χ4v) is 4.24. The van der Waals surface area contributed by atoms with E-state index in [0.29, 0.717) is 0 Å². The van der Waals surface area contributed by atoms with Crippen LogP contribution in [0.15, 0.2) is 122 Å². The summed E-state index contributed by atoms with van der Waals surface area (Å²) in [6.45, 7) is 9.57. The van der Waals surface area contributed by atoms with Gasteiger partial charge in [-0.1, -0.05) is 135 Å². The highest BCUT2D eigenvalue weighted by Gasteiger charge is 1.99. The second-order valence-corrected chi connectivity index (χ2v) is 11.7. The maximum Gasteiger partial charge on any atom is 0.303 e. The number of rotatable bonds is 26. The molecule has 0 amide bonds. The highest BCUT2D eigenvalue weighted by molar-refractivity contribution is 5.66. The van der Waals surface area contributed by atoms with Crippen LogP contribution in [0.2, 0.25) is 0 Å². The minimum Gasteiger partial charge on any atom is -0.481 e. The Kier molecular flexibility index (Phi) is 43.8. The first-order valence-corrected chi connectivity index (χ1v) is 19.1. The van der Waals surface area contributed by atoms with E-state index < -0.39 is 11.9 Å². The Morgan fingerprint density at radius 2 is 0.620 bits per heavy atom. The third-order valence-electron chi connectivity index (χ3n) is 6.99. The molecule has 0 bridgehead atoms. The average Bonchev–Trinajstić information content (AvgIpc) is 3.12. The van der Waals surface area contributed by atoms with Crippen LogP contribution < -0.4 is 10.6 Å². The Morgan fingerprint density at radius 1 is 0.400 bits per heavy atom. The Labute approximate surface area is 306 Å². The van der Waals surface area contributed by atoms with Gasteiger partial charge in [-0.2, -0.15) is 0 Å². The second kappa shape index (κ2) is 45.3. The van der Waals surface area contributed by atoms with E-state index in [0.717, 1.165) is 89.9 Å². The van der Waals surface area contributed by atoms with Crippen LogP contribution in [0.25, 0.3) is 0 Å². The molecule has 6 nitrogen and oxygen atoms in total. The number of unbranched alkanes of at least 4 members (excludes halogenated alkanes) is 2. The van der Waals surface area contributed by atoms with Crippen LogP contribution in [0.3, 0.4) is 0 Å². The van der Waals surface area contributed by atoms with Gasteiger partial charge in [-0.05, 0) is 89.9 Å². The zero-order valence-electron chi connectivity index (χ0n) is 31.6. The molecule has 1 fully saturated rings. The molecule has 0 aliphatic carbocycles. The Balaban J connectivity index is 0. The van der Waals surface area contributed by atoms with E-state index >= 15 is 0 Å². The second-order valence-electron chi connectivity index (χ2n) is 11.7. The van der Waals surface area contributed by atoms with Crippen molar-refractivity contribution in [3.63, 3.8) is 0 Å². The smallest absolute Gasteiger partial charge is 0.303 e. The SMILES string of the molecule is C1C[NH2+]CC[NH2+]1.CC/C=C\C/C=C\C/C=C\C/C=C\C/C=C\CCCC(=O)O.CC/C=C\C/C=C\C/C=C\C/C=C\C/C=C\CCCC(=O)O. The summed E-state index contributed by atoms with van der Waals surface area (Å²) in [6, 6.07) is 0. The summed E-state index contributed by atoms with van der Waals surface area (Å²) < 4.78 is 0. The lowest BCUT2D eigenvalue weighted by atomic mass is 10.2. The number of quaternary nitrogens is 2. The van der Waals surface area contributed by atoms with Crippen LogP contribution >= 0.6 is 0 Å². The predicted molar refractivity (Wildman–Crippen MR) is 215 cm³/mol. The number of hydrogen-bond donors (Lipinski definition) is 4. The van der Waals surface area contributed by atoms with Crippen molar-refractivity contribution in [3.8, 4) is 0 Å². The first-order chi connectivity index (χ1) is 24.5. The summed E-state index contributed by atoms with van der Waals surface area (Å²) in [5.74, 6) is -1.43. The molecule has 1 rings (SSSR count). The summed E-state index contributed by atoms with van der Waals surface area (Å²) in [5, 5.41) is 21.7. The normalized spacial score (nSPS) is 14.1. The van der Waals surface area contributed by atoms with Crippen molar-refractivity contribution in [1.82, 2.24) is 0 Å². The molecule has 0 spiro atoms. The van der Waals surface area contributed by atoms with Gasteiger partial charge in [-0.25, -0.2) is 0 Å². The predicted octanol–water partition coefficient (Wildman–Crippen LogP) is 9.11. The van der Waals surface area contributed by atoms with Gasteiger partial charge in [0.25, 0.3) is 0 Å². The Morgan fingerprint density at radius 3 is 0.820 bits per heavy atom. The topological polar surface area (TPSA) is 108 Å². The number of aliphatic carboxylic acids is 2. The van der Waals surface area contributed by atoms with Crippen molar-refractivity contribution in [1.29, 1.82) is 0 Å². The van der Waals surface area contributed by atoms with Crippen LogP contribution in [0, 0.1) is 0 Å². The van der Waals surface area contributed by atoms with Crippen LogP contribution in [0.5, 0.6) is 0 Å². The molecule has 0 radical (unpaired) electrons. The number of carbonyl (C=O) groups is 2. The lowest BCUT2D eigenvalue weighted by Crippen LogP contribution is -3.04. The third kappa shape index (κ3) is 51.1. The van der Waals surface area contributed by atoms with E-state index in [4.69, 9.17) is 10.2 Å². The molecule has 1 heterocycles. The fourth-order valence-electron chi connectivity index (χ4n) is 4.24. The van der Waals surface area contributed by atoms with Gasteiger partial charge in [-0.3, -0.25) is 9.59 Å². The first-order valence-electron chi connectivity index (χ1n) is 19.1. The number of piperazine rings is 1. The lowest BCUT2D eigenvalue weighted by molar-refractivity contribution is -0.787. The Hall–Kier alpha value is -3.74. The van der Waals surface area contributed by atoms with Crippen molar-refractivity contribution in [2.45, 2.75) is 117 Å². The lowest BCUT2D eigenvalue weighted by Gasteiger charge is -2.04. The molecule has 1 aliphatic rings. The summed E-state index contributed by atoms with van der Waals surface area (Å²) in [7, 11) is 0. The molecule has 50 heavy (non-hydrogen) atoms. The molecule has 0 aromatic carbocycles. The molecule has 1 aliphatic heterocycles. The highest BCUT2D eigenvalue weighted by atomic mass is 16.4. The monoisotopic (exact) mass is 693 g/mol. The van der Waals surface area contributed by atoms with Gasteiger partial charge in [0.1, 0.15) is 26.2 Å².